The molecule has 0 heterocycles. The largest absolute Gasteiger partial charge is 0.393 e. The van der Waals surface area contributed by atoms with E-state index in [0.29, 0.717) is 11.8 Å². The first-order chi connectivity index (χ1) is 10.4. The van der Waals surface area contributed by atoms with Crippen LogP contribution in [-0.2, 0) is 4.79 Å². The zero-order valence-electron chi connectivity index (χ0n) is 13.6. The maximum atomic E-state index is 12.1. The Labute approximate surface area is 141 Å². The third-order valence-electron chi connectivity index (χ3n) is 7.91. The summed E-state index contributed by atoms with van der Waals surface area (Å²) in [5.74, 6) is 2.39. The summed E-state index contributed by atoms with van der Waals surface area (Å²) in [6.45, 7) is 4.74. The Bertz CT molecular complexity index is 542. The summed E-state index contributed by atoms with van der Waals surface area (Å²) in [7, 11) is 0. The van der Waals surface area contributed by atoms with Crippen molar-refractivity contribution in [2.75, 3.05) is 0 Å². The van der Waals surface area contributed by atoms with Gasteiger partial charge in [0, 0.05) is 0 Å². The first kappa shape index (κ1) is 15.4. The molecule has 0 spiro atoms. The van der Waals surface area contributed by atoms with Crippen LogP contribution in [0.15, 0.2) is 11.6 Å². The van der Waals surface area contributed by atoms with Gasteiger partial charge in [-0.1, -0.05) is 35.4 Å². The lowest BCUT2D eigenvalue weighted by atomic mass is 9.47. The van der Waals surface area contributed by atoms with E-state index in [4.69, 9.17) is 0 Å². The van der Waals surface area contributed by atoms with E-state index in [2.05, 4.69) is 29.8 Å². The van der Waals surface area contributed by atoms with Gasteiger partial charge in [0.15, 0.2) is 5.78 Å². The number of hydrogen-bond acceptors (Lipinski definition) is 2. The van der Waals surface area contributed by atoms with E-state index < -0.39 is 0 Å². The molecule has 0 aliphatic heterocycles. The van der Waals surface area contributed by atoms with Crippen LogP contribution in [0.4, 0.5) is 0 Å². The second-order valence-corrected chi connectivity index (χ2v) is 9.82. The van der Waals surface area contributed by atoms with Gasteiger partial charge < -0.3 is 5.11 Å². The fourth-order valence-corrected chi connectivity index (χ4v) is 7.36. The zero-order valence-corrected chi connectivity index (χ0v) is 15.2. The number of rotatable bonds is 0. The molecule has 0 aromatic heterocycles. The van der Waals surface area contributed by atoms with Gasteiger partial charge in [-0.25, -0.2) is 0 Å². The van der Waals surface area contributed by atoms with Crippen LogP contribution in [0.2, 0.25) is 0 Å². The summed E-state index contributed by atoms with van der Waals surface area (Å²) in [6, 6.07) is 0. The molecule has 0 amide bonds. The number of hydrogen-bond donors (Lipinski definition) is 1. The Morgan fingerprint density at radius 3 is 2.73 bits per heavy atom. The van der Waals surface area contributed by atoms with Gasteiger partial charge in [-0.2, -0.15) is 0 Å². The lowest BCUT2D eigenvalue weighted by Gasteiger charge is -2.58. The molecule has 0 aromatic carbocycles. The number of ketones is 1. The van der Waals surface area contributed by atoms with Gasteiger partial charge >= 0.3 is 0 Å². The standard InChI is InChI=1S/C19H27BrO2/c1-18-8-7-14-12(13(18)5-6-17(18)22)4-3-11-9-16(21)15(20)10-19(11,14)2/h9,12-15,17,22H,3-8,10H2,1-2H3/t12-,13-,14-,15?,17-,18-,19-/m0/s1. The van der Waals surface area contributed by atoms with E-state index in [-0.39, 0.29) is 27.5 Å². The molecule has 2 nitrogen and oxygen atoms in total. The average Bonchev–Trinajstić information content (AvgIpc) is 2.77. The molecule has 22 heavy (non-hydrogen) atoms. The normalized spacial score (nSPS) is 54.3. The highest BCUT2D eigenvalue weighted by molar-refractivity contribution is 9.10. The van der Waals surface area contributed by atoms with Gasteiger partial charge in [-0.3, -0.25) is 4.79 Å². The quantitative estimate of drug-likeness (QED) is 0.650. The first-order valence-corrected chi connectivity index (χ1v) is 9.85. The maximum absolute atomic E-state index is 12.1. The van der Waals surface area contributed by atoms with Crippen LogP contribution < -0.4 is 0 Å². The lowest BCUT2D eigenvalue weighted by Crippen LogP contribution is -2.52. The van der Waals surface area contributed by atoms with Crippen molar-refractivity contribution in [3.05, 3.63) is 11.6 Å². The Morgan fingerprint density at radius 2 is 1.95 bits per heavy atom. The monoisotopic (exact) mass is 366 g/mol. The molecule has 1 N–H and O–H groups in total. The van der Waals surface area contributed by atoms with Crippen molar-refractivity contribution in [2.24, 2.45) is 28.6 Å². The van der Waals surface area contributed by atoms with Crippen LogP contribution in [-0.4, -0.2) is 21.8 Å². The minimum absolute atomic E-state index is 0.00229. The fourth-order valence-electron chi connectivity index (χ4n) is 6.55. The SMILES string of the molecule is C[C@]12CC[C@H]3[C@@H](CCC4=CC(=O)C(Br)C[C@@]43C)[C@@H]1CC[C@@H]2O. The summed E-state index contributed by atoms with van der Waals surface area (Å²) < 4.78 is 0. The maximum Gasteiger partial charge on any atom is 0.169 e. The summed E-state index contributed by atoms with van der Waals surface area (Å²) in [5, 5.41) is 10.5. The van der Waals surface area contributed by atoms with E-state index in [1.165, 1.54) is 24.8 Å². The van der Waals surface area contributed by atoms with Crippen LogP contribution in [0.3, 0.4) is 0 Å². The fraction of sp³-hybridized carbons (Fsp3) is 0.842. The van der Waals surface area contributed by atoms with Gasteiger partial charge in [0.1, 0.15) is 0 Å². The summed E-state index contributed by atoms with van der Waals surface area (Å²) in [5.41, 5.74) is 1.76. The molecule has 4 rings (SSSR count). The van der Waals surface area contributed by atoms with E-state index in [1.54, 1.807) is 0 Å². The second-order valence-electron chi connectivity index (χ2n) is 8.71. The molecule has 122 valence electrons. The first-order valence-electron chi connectivity index (χ1n) is 8.93. The third-order valence-corrected chi connectivity index (χ3v) is 8.69. The summed E-state index contributed by atoms with van der Waals surface area (Å²) in [6.07, 6.45) is 9.70. The van der Waals surface area contributed by atoms with E-state index in [0.717, 1.165) is 31.6 Å². The molecular weight excluding hydrogens is 340 g/mol. The Hall–Kier alpha value is -0.150. The van der Waals surface area contributed by atoms with Gasteiger partial charge in [-0.05, 0) is 79.6 Å². The van der Waals surface area contributed by atoms with Crippen molar-refractivity contribution >= 4 is 21.7 Å². The molecule has 0 bridgehead atoms. The predicted molar refractivity (Wildman–Crippen MR) is 90.8 cm³/mol. The van der Waals surface area contributed by atoms with E-state index in [9.17, 15) is 9.90 Å². The molecular formula is C19H27BrO2. The molecule has 0 saturated heterocycles. The number of carbonyl (C=O) groups excluding carboxylic acids is 1. The zero-order chi connectivity index (χ0) is 15.7. The van der Waals surface area contributed by atoms with Crippen molar-refractivity contribution in [1.29, 1.82) is 0 Å². The average molecular weight is 367 g/mol. The van der Waals surface area contributed by atoms with Crippen LogP contribution in [0.25, 0.3) is 0 Å². The minimum atomic E-state index is -0.0972. The molecule has 1 unspecified atom stereocenters. The molecule has 0 radical (unpaired) electrons. The molecule has 4 aliphatic carbocycles. The second kappa shape index (κ2) is 4.92. The number of allylic oxidation sites excluding steroid dienone is 1. The molecule has 7 atom stereocenters. The van der Waals surface area contributed by atoms with Crippen molar-refractivity contribution < 1.29 is 9.90 Å². The number of aliphatic hydroxyl groups is 1. The number of halogens is 1. The van der Waals surface area contributed by atoms with Gasteiger partial charge in [0.2, 0.25) is 0 Å². The third kappa shape index (κ3) is 1.90. The summed E-state index contributed by atoms with van der Waals surface area (Å²) >= 11 is 3.61. The predicted octanol–water partition coefficient (Wildman–Crippen LogP) is 4.25. The molecule has 3 saturated carbocycles. The Balaban J connectivity index is 1.70. The van der Waals surface area contributed by atoms with Crippen molar-refractivity contribution in [3.63, 3.8) is 0 Å². The molecule has 0 aromatic rings. The number of carbonyl (C=O) groups is 1. The van der Waals surface area contributed by atoms with Crippen molar-refractivity contribution in [1.82, 2.24) is 0 Å². The topological polar surface area (TPSA) is 37.3 Å². The Kier molecular flexibility index (Phi) is 3.44. The van der Waals surface area contributed by atoms with E-state index in [1.807, 2.05) is 6.08 Å². The highest BCUT2D eigenvalue weighted by atomic mass is 79.9. The van der Waals surface area contributed by atoms with Crippen molar-refractivity contribution in [3.8, 4) is 0 Å². The Morgan fingerprint density at radius 1 is 1.18 bits per heavy atom. The van der Waals surface area contributed by atoms with Gasteiger partial charge in [0.05, 0.1) is 10.9 Å². The van der Waals surface area contributed by atoms with Crippen LogP contribution >= 0.6 is 15.9 Å². The van der Waals surface area contributed by atoms with Crippen LogP contribution in [0, 0.1) is 28.6 Å². The number of aliphatic hydroxyl groups excluding tert-OH is 1. The highest BCUT2D eigenvalue weighted by Gasteiger charge is 2.59. The van der Waals surface area contributed by atoms with Gasteiger partial charge in [-0.15, -0.1) is 0 Å². The minimum Gasteiger partial charge on any atom is -0.393 e. The molecule has 3 fully saturated rings. The number of fused-ring (bicyclic) bond motifs is 5. The van der Waals surface area contributed by atoms with E-state index >= 15 is 0 Å². The van der Waals surface area contributed by atoms with Crippen LogP contribution in [0.1, 0.15) is 58.8 Å². The van der Waals surface area contributed by atoms with Gasteiger partial charge in [0.25, 0.3) is 0 Å². The molecule has 3 heteroatoms. The van der Waals surface area contributed by atoms with Crippen LogP contribution in [0.5, 0.6) is 0 Å². The van der Waals surface area contributed by atoms with Crippen molar-refractivity contribution in [2.45, 2.75) is 69.7 Å². The molecule has 4 aliphatic rings. The highest BCUT2D eigenvalue weighted by Crippen LogP contribution is 2.65. The smallest absolute Gasteiger partial charge is 0.169 e. The number of alkyl halides is 1. The lowest BCUT2D eigenvalue weighted by molar-refractivity contribution is -0.117. The summed E-state index contributed by atoms with van der Waals surface area (Å²) in [4.78, 5) is 12.1.